The van der Waals surface area contributed by atoms with Gasteiger partial charge in [0.05, 0.1) is 16.9 Å². The van der Waals surface area contributed by atoms with Gasteiger partial charge in [-0.2, -0.15) is 13.2 Å². The largest absolute Gasteiger partial charge is 0.490 e. The van der Waals surface area contributed by atoms with Crippen LogP contribution in [-0.2, 0) is 22.6 Å². The number of halogens is 3. The summed E-state index contributed by atoms with van der Waals surface area (Å²) in [4.78, 5) is 42.0. The van der Waals surface area contributed by atoms with Gasteiger partial charge in [0.15, 0.2) is 0 Å². The van der Waals surface area contributed by atoms with Crippen LogP contribution in [0, 0.1) is 10.1 Å². The van der Waals surface area contributed by atoms with Crippen molar-refractivity contribution in [1.82, 2.24) is 0 Å². The van der Waals surface area contributed by atoms with Gasteiger partial charge in [-0.3, -0.25) is 14.9 Å². The fraction of sp³-hybridized carbons (Fsp3) is 0.167. The van der Waals surface area contributed by atoms with E-state index in [4.69, 9.17) is 25.5 Å². The van der Waals surface area contributed by atoms with Crippen LogP contribution < -0.4 is 10.5 Å². The van der Waals surface area contributed by atoms with Gasteiger partial charge in [-0.25, -0.2) is 9.59 Å². The van der Waals surface area contributed by atoms with Crippen LogP contribution in [0.15, 0.2) is 42.5 Å². The predicted molar refractivity (Wildman–Crippen MR) is 97.4 cm³/mol. The van der Waals surface area contributed by atoms with E-state index in [1.54, 1.807) is 12.1 Å². The average Bonchev–Trinajstić information content (AvgIpc) is 2.68. The van der Waals surface area contributed by atoms with Crippen LogP contribution in [0.4, 0.5) is 18.9 Å². The second kappa shape index (κ2) is 10.7. The third-order valence-electron chi connectivity index (χ3n) is 3.45. The van der Waals surface area contributed by atoms with Gasteiger partial charge in [0.25, 0.3) is 0 Å². The zero-order valence-electron chi connectivity index (χ0n) is 15.5. The van der Waals surface area contributed by atoms with Gasteiger partial charge in [-0.05, 0) is 29.3 Å². The number of carboxylic acid groups (broad SMARTS) is 2. The quantitative estimate of drug-likeness (QED) is 0.262. The van der Waals surface area contributed by atoms with Gasteiger partial charge in [0.2, 0.25) is 5.75 Å². The molecule has 0 fully saturated rings. The summed E-state index contributed by atoms with van der Waals surface area (Å²) >= 11 is 0. The van der Waals surface area contributed by atoms with Crippen LogP contribution in [-0.4, -0.2) is 39.2 Å². The highest BCUT2D eigenvalue weighted by Crippen LogP contribution is 2.29. The molecule has 0 atom stereocenters. The molecular weight excluding hydrogens is 429 g/mol. The van der Waals surface area contributed by atoms with Crippen molar-refractivity contribution < 1.29 is 47.4 Å². The number of hydrogen-bond donors (Lipinski definition) is 3. The first kappa shape index (κ1) is 25.0. The summed E-state index contributed by atoms with van der Waals surface area (Å²) in [6.07, 6.45) is -5.45. The summed E-state index contributed by atoms with van der Waals surface area (Å²) in [5, 5.41) is 27.0. The number of benzene rings is 2. The molecule has 0 heterocycles. The molecule has 0 radical (unpaired) electrons. The Balaban J connectivity index is 0.000000592. The number of rotatable bonds is 6. The molecule has 166 valence electrons. The maximum atomic E-state index is 12.1. The molecule has 13 heteroatoms. The molecule has 4 N–H and O–H groups in total. The number of carbonyl (C=O) groups is 3. The molecule has 0 aromatic heterocycles. The zero-order valence-corrected chi connectivity index (χ0v) is 15.5. The average molecular weight is 444 g/mol. The number of nitro groups is 1. The minimum absolute atomic E-state index is 0.219. The van der Waals surface area contributed by atoms with Crippen molar-refractivity contribution in [1.29, 1.82) is 0 Å². The lowest BCUT2D eigenvalue weighted by atomic mass is 10.1. The summed E-state index contributed by atoms with van der Waals surface area (Å²) in [6.45, 7) is 0.325. The molecule has 0 aliphatic rings. The fourth-order valence-corrected chi connectivity index (χ4v) is 2.01. The molecule has 2 rings (SSSR count). The molecule has 0 saturated carbocycles. The third kappa shape index (κ3) is 8.10. The number of nitrogens with two attached hydrogens (primary N) is 1. The molecule has 2 aromatic rings. The van der Waals surface area contributed by atoms with E-state index in [0.29, 0.717) is 6.54 Å². The van der Waals surface area contributed by atoms with Crippen LogP contribution in [0.2, 0.25) is 0 Å². The minimum atomic E-state index is -5.08. The zero-order chi connectivity index (χ0) is 23.8. The number of ether oxygens (including phenoxy) is 1. The first-order valence-corrected chi connectivity index (χ1v) is 8.15. The smallest absolute Gasteiger partial charge is 0.481 e. The first-order valence-electron chi connectivity index (χ1n) is 8.15. The Hall–Kier alpha value is -4.00. The highest BCUT2D eigenvalue weighted by Gasteiger charge is 2.38. The molecule has 0 aliphatic carbocycles. The number of aliphatic carboxylic acids is 2. The summed E-state index contributed by atoms with van der Waals surface area (Å²) < 4.78 is 36.8. The monoisotopic (exact) mass is 444 g/mol. The Morgan fingerprint density at radius 2 is 1.55 bits per heavy atom. The molecule has 0 bridgehead atoms. The SMILES string of the molecule is NCc1ccc(C(=O)Oc2ccc(CC(=O)O)cc2[N+](=O)[O-])cc1.O=C(O)C(F)(F)F. The lowest BCUT2D eigenvalue weighted by Crippen LogP contribution is -2.21. The summed E-state index contributed by atoms with van der Waals surface area (Å²) in [6, 6.07) is 9.98. The second-order valence-corrected chi connectivity index (χ2v) is 5.72. The van der Waals surface area contributed by atoms with E-state index < -0.39 is 34.7 Å². The molecule has 0 aliphatic heterocycles. The van der Waals surface area contributed by atoms with Crippen LogP contribution in [0.3, 0.4) is 0 Å². The Labute approximate surface area is 171 Å². The van der Waals surface area contributed by atoms with Gasteiger partial charge in [-0.15, -0.1) is 0 Å². The number of carboxylic acids is 2. The number of nitro benzene ring substituents is 1. The fourth-order valence-electron chi connectivity index (χ4n) is 2.01. The molecule has 0 unspecified atom stereocenters. The number of nitrogens with zero attached hydrogens (tertiary/aromatic N) is 1. The van der Waals surface area contributed by atoms with E-state index in [1.165, 1.54) is 24.3 Å². The standard InChI is InChI=1S/C16H14N2O6.C2HF3O2/c17-9-10-1-4-12(5-2-10)16(21)24-14-6-3-11(8-15(19)20)7-13(14)18(22)23;3-2(4,5)1(6)7/h1-7H,8-9,17H2,(H,19,20);(H,6,7). The molecule has 10 nitrogen and oxygen atoms in total. The van der Waals surface area contributed by atoms with Crippen LogP contribution in [0.5, 0.6) is 5.75 Å². The second-order valence-electron chi connectivity index (χ2n) is 5.72. The van der Waals surface area contributed by atoms with Crippen LogP contribution in [0.25, 0.3) is 0 Å². The Kier molecular flexibility index (Phi) is 8.63. The lowest BCUT2D eigenvalue weighted by Gasteiger charge is -2.07. The minimum Gasteiger partial charge on any atom is -0.481 e. The van der Waals surface area contributed by atoms with Crippen molar-refractivity contribution in [3.05, 3.63) is 69.3 Å². The summed E-state index contributed by atoms with van der Waals surface area (Å²) in [5.41, 5.74) is 6.28. The van der Waals surface area contributed by atoms with E-state index >= 15 is 0 Å². The molecular formula is C18H15F3N2O8. The number of alkyl halides is 3. The van der Waals surface area contributed by atoms with Gasteiger partial charge < -0.3 is 20.7 Å². The Morgan fingerprint density at radius 3 is 1.97 bits per heavy atom. The molecule has 2 aromatic carbocycles. The maximum absolute atomic E-state index is 12.1. The van der Waals surface area contributed by atoms with Crippen molar-refractivity contribution in [2.75, 3.05) is 0 Å². The number of esters is 1. The molecule has 0 spiro atoms. The van der Waals surface area contributed by atoms with Crippen molar-refractivity contribution >= 4 is 23.6 Å². The Morgan fingerprint density at radius 1 is 1.03 bits per heavy atom. The third-order valence-corrected chi connectivity index (χ3v) is 3.45. The summed E-state index contributed by atoms with van der Waals surface area (Å²) in [5.74, 6) is -4.88. The maximum Gasteiger partial charge on any atom is 0.490 e. The molecule has 0 amide bonds. The molecule has 31 heavy (non-hydrogen) atoms. The van der Waals surface area contributed by atoms with Crippen LogP contribution in [0.1, 0.15) is 21.5 Å². The van der Waals surface area contributed by atoms with Crippen molar-refractivity contribution in [2.45, 2.75) is 19.1 Å². The van der Waals surface area contributed by atoms with Crippen LogP contribution >= 0.6 is 0 Å². The van der Waals surface area contributed by atoms with E-state index in [-0.39, 0.29) is 23.3 Å². The van der Waals surface area contributed by atoms with Gasteiger partial charge in [0.1, 0.15) is 0 Å². The van der Waals surface area contributed by atoms with E-state index in [0.717, 1.165) is 11.6 Å². The first-order chi connectivity index (χ1) is 14.3. The van der Waals surface area contributed by atoms with E-state index in [1.807, 2.05) is 0 Å². The topological polar surface area (TPSA) is 170 Å². The predicted octanol–water partition coefficient (Wildman–Crippen LogP) is 2.53. The van der Waals surface area contributed by atoms with Crippen molar-refractivity contribution in [2.24, 2.45) is 5.73 Å². The number of carbonyl (C=O) groups excluding carboxylic acids is 1. The van der Waals surface area contributed by atoms with Crippen molar-refractivity contribution in [3.8, 4) is 5.75 Å². The van der Waals surface area contributed by atoms with E-state index in [2.05, 4.69) is 0 Å². The van der Waals surface area contributed by atoms with Gasteiger partial charge in [-0.1, -0.05) is 18.2 Å². The summed E-state index contributed by atoms with van der Waals surface area (Å²) in [7, 11) is 0. The lowest BCUT2D eigenvalue weighted by molar-refractivity contribution is -0.385. The molecule has 0 saturated heterocycles. The van der Waals surface area contributed by atoms with Gasteiger partial charge in [0, 0.05) is 12.6 Å². The highest BCUT2D eigenvalue weighted by molar-refractivity contribution is 5.91. The highest BCUT2D eigenvalue weighted by atomic mass is 19.4. The normalized spacial score (nSPS) is 10.5. The number of hydrogen-bond acceptors (Lipinski definition) is 7. The van der Waals surface area contributed by atoms with Crippen molar-refractivity contribution in [3.63, 3.8) is 0 Å². The van der Waals surface area contributed by atoms with E-state index in [9.17, 15) is 32.9 Å². The Bertz CT molecular complexity index is 975. The van der Waals surface area contributed by atoms with Gasteiger partial charge >= 0.3 is 29.8 Å².